The van der Waals surface area contributed by atoms with Crippen LogP contribution in [0.2, 0.25) is 0 Å². The lowest BCUT2D eigenvalue weighted by Crippen LogP contribution is -2.53. The van der Waals surface area contributed by atoms with E-state index in [0.717, 1.165) is 24.0 Å². The Balaban J connectivity index is 1.31. The predicted octanol–water partition coefficient (Wildman–Crippen LogP) is 2.94. The molecule has 1 unspecified atom stereocenters. The van der Waals surface area contributed by atoms with Crippen LogP contribution in [0.1, 0.15) is 24.0 Å². The number of hydrogen-bond acceptors (Lipinski definition) is 3. The topological polar surface area (TPSA) is 61.9 Å². The molecule has 0 radical (unpaired) electrons. The molecule has 1 atom stereocenters. The fourth-order valence-electron chi connectivity index (χ4n) is 3.65. The molecule has 6 nitrogen and oxygen atoms in total. The first-order valence-electron chi connectivity index (χ1n) is 10.3. The Bertz CT molecular complexity index is 950. The number of nitrogens with one attached hydrogen (secondary N) is 1. The van der Waals surface area contributed by atoms with Crippen molar-refractivity contribution in [2.24, 2.45) is 0 Å². The highest BCUT2D eigenvalue weighted by Gasteiger charge is 2.31. The smallest absolute Gasteiger partial charge is 0.321 e. The van der Waals surface area contributed by atoms with Gasteiger partial charge in [0.25, 0.3) is 5.91 Å². The molecule has 0 saturated carbocycles. The molecule has 6 heteroatoms. The zero-order chi connectivity index (χ0) is 20.8. The highest BCUT2D eigenvalue weighted by atomic mass is 16.5. The molecule has 3 amide bonds. The van der Waals surface area contributed by atoms with Crippen LogP contribution in [0.5, 0.6) is 0 Å². The molecular weight excluding hydrogens is 378 g/mol. The van der Waals surface area contributed by atoms with Crippen molar-refractivity contribution in [2.45, 2.75) is 18.9 Å². The van der Waals surface area contributed by atoms with Crippen molar-refractivity contribution in [1.29, 1.82) is 0 Å². The Morgan fingerprint density at radius 1 is 0.900 bits per heavy atom. The molecule has 2 fully saturated rings. The number of hydrogen-bond donors (Lipinski definition) is 1. The number of carbonyl (C=O) groups is 2. The minimum absolute atomic E-state index is 0.0530. The third-order valence-electron chi connectivity index (χ3n) is 5.32. The van der Waals surface area contributed by atoms with E-state index >= 15 is 0 Å². The summed E-state index contributed by atoms with van der Waals surface area (Å²) in [5.74, 6) is 6.30. The van der Waals surface area contributed by atoms with Gasteiger partial charge >= 0.3 is 6.03 Å². The number of anilines is 1. The third kappa shape index (κ3) is 5.00. The van der Waals surface area contributed by atoms with Gasteiger partial charge in [-0.1, -0.05) is 36.1 Å². The van der Waals surface area contributed by atoms with E-state index in [9.17, 15) is 9.59 Å². The van der Waals surface area contributed by atoms with Gasteiger partial charge in [-0.3, -0.25) is 4.79 Å². The fourth-order valence-corrected chi connectivity index (χ4v) is 3.65. The first-order valence-corrected chi connectivity index (χ1v) is 10.3. The van der Waals surface area contributed by atoms with Crippen molar-refractivity contribution < 1.29 is 14.3 Å². The second-order valence-corrected chi connectivity index (χ2v) is 7.44. The number of benzene rings is 2. The van der Waals surface area contributed by atoms with Gasteiger partial charge in [-0.25, -0.2) is 4.79 Å². The second-order valence-electron chi connectivity index (χ2n) is 7.44. The van der Waals surface area contributed by atoms with Crippen molar-refractivity contribution in [3.8, 4) is 11.8 Å². The Hall–Kier alpha value is -3.30. The number of nitrogens with zero attached hydrogens (tertiary/aromatic N) is 2. The highest BCUT2D eigenvalue weighted by Crippen LogP contribution is 2.17. The standard InChI is InChI=1S/C24H25N3O3/c28-23(22-10-5-17-30-22)26-13-15-27(16-14-26)24(29)25-21-9-4-8-20(18-21)12-11-19-6-2-1-3-7-19/h1-4,6-9,18,22H,5,10,13-17H2,(H,25,29). The molecule has 1 N–H and O–H groups in total. The van der Waals surface area contributed by atoms with E-state index in [2.05, 4.69) is 17.2 Å². The first-order chi connectivity index (χ1) is 14.7. The average molecular weight is 403 g/mol. The number of ether oxygens (including phenoxy) is 1. The van der Waals surface area contributed by atoms with Gasteiger partial charge < -0.3 is 19.9 Å². The third-order valence-corrected chi connectivity index (χ3v) is 5.32. The van der Waals surface area contributed by atoms with Crippen molar-refractivity contribution >= 4 is 17.6 Å². The molecule has 2 heterocycles. The molecule has 30 heavy (non-hydrogen) atoms. The number of urea groups is 1. The molecule has 0 spiro atoms. The van der Waals surface area contributed by atoms with Gasteiger partial charge in [0.05, 0.1) is 0 Å². The van der Waals surface area contributed by atoms with Crippen molar-refractivity contribution in [3.05, 3.63) is 65.7 Å². The summed E-state index contributed by atoms with van der Waals surface area (Å²) < 4.78 is 5.49. The monoisotopic (exact) mass is 403 g/mol. The summed E-state index contributed by atoms with van der Waals surface area (Å²) in [5, 5.41) is 2.94. The molecule has 2 aromatic rings. The minimum atomic E-state index is -0.301. The summed E-state index contributed by atoms with van der Waals surface area (Å²) >= 11 is 0. The lowest BCUT2D eigenvalue weighted by atomic mass is 10.1. The van der Waals surface area contributed by atoms with Crippen LogP contribution in [0.25, 0.3) is 0 Å². The zero-order valence-corrected chi connectivity index (χ0v) is 16.8. The second kappa shape index (κ2) is 9.47. The lowest BCUT2D eigenvalue weighted by Gasteiger charge is -2.35. The summed E-state index contributed by atoms with van der Waals surface area (Å²) in [5.41, 5.74) is 2.49. The zero-order valence-electron chi connectivity index (χ0n) is 16.8. The maximum atomic E-state index is 12.6. The molecule has 154 valence electrons. The first kappa shape index (κ1) is 20.0. The molecule has 0 bridgehead atoms. The van der Waals surface area contributed by atoms with Crippen LogP contribution in [0.15, 0.2) is 54.6 Å². The molecule has 4 rings (SSSR count). The van der Waals surface area contributed by atoms with Crippen molar-refractivity contribution in [2.75, 3.05) is 38.1 Å². The summed E-state index contributed by atoms with van der Waals surface area (Å²) in [6.07, 6.45) is 1.43. The van der Waals surface area contributed by atoms with Gasteiger partial charge in [0.2, 0.25) is 0 Å². The van der Waals surface area contributed by atoms with Crippen LogP contribution in [0.4, 0.5) is 10.5 Å². The molecule has 0 aromatic heterocycles. The Morgan fingerprint density at radius 3 is 2.33 bits per heavy atom. The van der Waals surface area contributed by atoms with Crippen LogP contribution < -0.4 is 5.32 Å². The molecule has 2 saturated heterocycles. The van der Waals surface area contributed by atoms with Crippen molar-refractivity contribution in [1.82, 2.24) is 9.80 Å². The van der Waals surface area contributed by atoms with Crippen LogP contribution in [-0.2, 0) is 9.53 Å². The average Bonchev–Trinajstić information content (AvgIpc) is 3.33. The Labute approximate surface area is 176 Å². The van der Waals surface area contributed by atoms with E-state index in [1.807, 2.05) is 54.6 Å². The maximum absolute atomic E-state index is 12.6. The number of rotatable bonds is 2. The summed E-state index contributed by atoms with van der Waals surface area (Å²) in [6, 6.07) is 17.1. The van der Waals surface area contributed by atoms with Gasteiger partial charge in [0.15, 0.2) is 0 Å². The summed E-state index contributed by atoms with van der Waals surface area (Å²) in [6.45, 7) is 2.76. The van der Waals surface area contributed by atoms with E-state index in [0.29, 0.717) is 38.5 Å². The number of amides is 3. The van der Waals surface area contributed by atoms with Crippen LogP contribution >= 0.6 is 0 Å². The summed E-state index contributed by atoms with van der Waals surface area (Å²) in [4.78, 5) is 28.6. The van der Waals surface area contributed by atoms with Gasteiger partial charge in [-0.05, 0) is 43.2 Å². The lowest BCUT2D eigenvalue weighted by molar-refractivity contribution is -0.142. The van der Waals surface area contributed by atoms with E-state index in [1.165, 1.54) is 0 Å². The van der Waals surface area contributed by atoms with Gasteiger partial charge in [-0.15, -0.1) is 0 Å². The van der Waals surface area contributed by atoms with E-state index in [-0.39, 0.29) is 18.0 Å². The molecule has 2 aromatic carbocycles. The molecule has 2 aliphatic rings. The summed E-state index contributed by atoms with van der Waals surface area (Å²) in [7, 11) is 0. The van der Waals surface area contributed by atoms with E-state index in [1.54, 1.807) is 9.80 Å². The fraction of sp³-hybridized carbons (Fsp3) is 0.333. The van der Waals surface area contributed by atoms with Crippen molar-refractivity contribution in [3.63, 3.8) is 0 Å². The number of carbonyl (C=O) groups excluding carboxylic acids is 2. The Morgan fingerprint density at radius 2 is 1.60 bits per heavy atom. The minimum Gasteiger partial charge on any atom is -0.368 e. The molecular formula is C24H25N3O3. The quantitative estimate of drug-likeness (QED) is 0.785. The van der Waals surface area contributed by atoms with E-state index < -0.39 is 0 Å². The van der Waals surface area contributed by atoms with Crippen LogP contribution in [0, 0.1) is 11.8 Å². The van der Waals surface area contributed by atoms with Gasteiger partial charge in [-0.2, -0.15) is 0 Å². The van der Waals surface area contributed by atoms with Gasteiger partial charge in [0.1, 0.15) is 6.10 Å². The SMILES string of the molecule is O=C(Nc1cccc(C#Cc2ccccc2)c1)N1CCN(C(=O)C2CCCO2)CC1. The number of piperazine rings is 1. The van der Waals surface area contributed by atoms with E-state index in [4.69, 9.17) is 4.74 Å². The predicted molar refractivity (Wildman–Crippen MR) is 115 cm³/mol. The normalized spacial score (nSPS) is 18.5. The van der Waals surface area contributed by atoms with Crippen LogP contribution in [-0.4, -0.2) is 60.6 Å². The van der Waals surface area contributed by atoms with Crippen LogP contribution in [0.3, 0.4) is 0 Å². The maximum Gasteiger partial charge on any atom is 0.321 e. The largest absolute Gasteiger partial charge is 0.368 e. The highest BCUT2D eigenvalue weighted by molar-refractivity contribution is 5.90. The molecule has 2 aliphatic heterocycles. The molecule has 0 aliphatic carbocycles. The van der Waals surface area contributed by atoms with Gasteiger partial charge in [0, 0.05) is 49.6 Å². The Kier molecular flexibility index (Phi) is 6.31.